The van der Waals surface area contributed by atoms with Gasteiger partial charge in [0.2, 0.25) is 5.76 Å². The van der Waals surface area contributed by atoms with Crippen molar-refractivity contribution in [2.75, 3.05) is 7.11 Å². The molecule has 0 aliphatic carbocycles. The number of morpholine rings is 1. The molecule has 1 aliphatic heterocycles. The van der Waals surface area contributed by atoms with Crippen LogP contribution < -0.4 is 0 Å². The van der Waals surface area contributed by atoms with Gasteiger partial charge in [-0.15, -0.1) is 0 Å². The minimum Gasteiger partial charge on any atom is -0.491 e. The third-order valence-corrected chi connectivity index (χ3v) is 2.31. The summed E-state index contributed by atoms with van der Waals surface area (Å²) < 4.78 is 146. The summed E-state index contributed by atoms with van der Waals surface area (Å²) in [6, 6.07) is -12.5. The maximum atomic E-state index is 13.1. The van der Waals surface area contributed by atoms with Gasteiger partial charge in [-0.1, -0.05) is 0 Å². The fourth-order valence-electron chi connectivity index (χ4n) is 1.26. The Bertz CT molecular complexity index is 443. The van der Waals surface area contributed by atoms with E-state index in [1.165, 1.54) is 0 Å². The maximum Gasteiger partial charge on any atom is 0.450 e. The van der Waals surface area contributed by atoms with Crippen LogP contribution in [0.4, 0.5) is 48.3 Å². The summed E-state index contributed by atoms with van der Waals surface area (Å²) in [4.78, 5) is -2.45. The van der Waals surface area contributed by atoms with E-state index in [4.69, 9.17) is 0 Å². The Morgan fingerprint density at radius 3 is 1.55 bits per heavy atom. The van der Waals surface area contributed by atoms with Crippen LogP contribution in [0.5, 0.6) is 0 Å². The highest BCUT2D eigenvalue weighted by Crippen LogP contribution is 2.56. The van der Waals surface area contributed by atoms with E-state index in [2.05, 4.69) is 9.47 Å². The second kappa shape index (κ2) is 4.76. The van der Waals surface area contributed by atoms with Gasteiger partial charge < -0.3 is 4.74 Å². The molecule has 0 aromatic carbocycles. The molecule has 3 nitrogen and oxygen atoms in total. The van der Waals surface area contributed by atoms with E-state index < -0.39 is 47.3 Å². The van der Waals surface area contributed by atoms with Gasteiger partial charge in [0.15, 0.2) is 0 Å². The number of rotatable bonds is 2. The Morgan fingerprint density at radius 2 is 1.27 bits per heavy atom. The molecule has 0 saturated carbocycles. The first kappa shape index (κ1) is 18.6. The summed E-state index contributed by atoms with van der Waals surface area (Å²) in [6.07, 6.45) is -19.5. The topological polar surface area (TPSA) is 21.7 Å². The van der Waals surface area contributed by atoms with Crippen molar-refractivity contribution in [3.63, 3.8) is 0 Å². The fourth-order valence-corrected chi connectivity index (χ4v) is 1.26. The zero-order valence-electron chi connectivity index (χ0n) is 10.00. The van der Waals surface area contributed by atoms with Crippen LogP contribution in [0, 0.1) is 0 Å². The normalized spacial score (nSPS) is 26.7. The monoisotopic (exact) mass is 355 g/mol. The average molecular weight is 355 g/mol. The molecule has 0 atom stereocenters. The molecule has 0 unspecified atom stereocenters. The molecule has 1 rings (SSSR count). The van der Waals surface area contributed by atoms with E-state index >= 15 is 0 Å². The highest BCUT2D eigenvalue weighted by molar-refractivity contribution is 5.07. The summed E-state index contributed by atoms with van der Waals surface area (Å²) in [5.74, 6) is -2.64. The van der Waals surface area contributed by atoms with Crippen LogP contribution in [-0.2, 0) is 9.47 Å². The molecule has 1 fully saturated rings. The van der Waals surface area contributed by atoms with E-state index in [0.717, 1.165) is 0 Å². The first-order valence-corrected chi connectivity index (χ1v) is 4.84. The van der Waals surface area contributed by atoms with Crippen molar-refractivity contribution >= 4 is 0 Å². The van der Waals surface area contributed by atoms with Crippen molar-refractivity contribution in [1.82, 2.24) is 4.90 Å². The van der Waals surface area contributed by atoms with Gasteiger partial charge in [0, 0.05) is 0 Å². The van der Waals surface area contributed by atoms with Crippen LogP contribution in [0.2, 0.25) is 0 Å². The highest BCUT2D eigenvalue weighted by Gasteiger charge is 2.82. The van der Waals surface area contributed by atoms with Crippen molar-refractivity contribution in [3.8, 4) is 0 Å². The van der Waals surface area contributed by atoms with E-state index in [1.807, 2.05) is 0 Å². The lowest BCUT2D eigenvalue weighted by Crippen LogP contribution is -2.72. The van der Waals surface area contributed by atoms with E-state index in [9.17, 15) is 48.3 Å². The molecule has 0 radical (unpaired) electrons. The van der Waals surface area contributed by atoms with Crippen LogP contribution in [0.15, 0.2) is 12.0 Å². The summed E-state index contributed by atoms with van der Waals surface area (Å²) in [7, 11) is 0.173. The van der Waals surface area contributed by atoms with Gasteiger partial charge in [0.25, 0.3) is 0 Å². The molecular weight excluding hydrogens is 351 g/mol. The molecule has 0 bridgehead atoms. The van der Waals surface area contributed by atoms with Gasteiger partial charge in [-0.05, 0) is 0 Å². The summed E-state index contributed by atoms with van der Waals surface area (Å²) >= 11 is 0. The molecule has 0 N–H and O–H groups in total. The largest absolute Gasteiger partial charge is 0.491 e. The molecule has 130 valence electrons. The predicted molar refractivity (Wildman–Crippen MR) is 43.9 cm³/mol. The number of halogens is 11. The third-order valence-electron chi connectivity index (χ3n) is 2.31. The zero-order valence-corrected chi connectivity index (χ0v) is 10.00. The van der Waals surface area contributed by atoms with Crippen molar-refractivity contribution in [2.24, 2.45) is 0 Å². The second-order valence-electron chi connectivity index (χ2n) is 3.78. The average Bonchev–Trinajstić information content (AvgIpc) is 2.23. The van der Waals surface area contributed by atoms with Crippen molar-refractivity contribution in [2.45, 2.75) is 30.5 Å². The lowest BCUT2D eigenvalue weighted by atomic mass is 10.3. The first-order chi connectivity index (χ1) is 9.50. The molecule has 0 spiro atoms. The lowest BCUT2D eigenvalue weighted by molar-refractivity contribution is -0.555. The highest BCUT2D eigenvalue weighted by atomic mass is 19.4. The smallest absolute Gasteiger partial charge is 0.450 e. The molecule has 0 amide bonds. The molecule has 0 aromatic rings. The number of hydrogen-bond acceptors (Lipinski definition) is 3. The van der Waals surface area contributed by atoms with E-state index in [1.54, 1.807) is 0 Å². The van der Waals surface area contributed by atoms with Gasteiger partial charge in [-0.25, -0.2) is 9.64 Å². The Hall–Kier alpha value is -1.47. The quantitative estimate of drug-likeness (QED) is 0.428. The molecule has 1 saturated heterocycles. The van der Waals surface area contributed by atoms with Crippen LogP contribution in [-0.4, -0.2) is 42.5 Å². The first-order valence-electron chi connectivity index (χ1n) is 4.84. The van der Waals surface area contributed by atoms with E-state index in [-0.39, 0.29) is 7.11 Å². The molecular formula is C8H4F11NO2. The SMILES string of the molecule is COC(=CN1C(F)(F)C(F)(F)OC(F)(F)C1(F)F)C(F)(F)F. The molecule has 0 aromatic heterocycles. The minimum absolute atomic E-state index is 0.173. The Balaban J connectivity index is 3.54. The van der Waals surface area contributed by atoms with Gasteiger partial charge in [-0.2, -0.15) is 48.3 Å². The summed E-state index contributed by atoms with van der Waals surface area (Å²) in [6.45, 7) is 0. The van der Waals surface area contributed by atoms with Gasteiger partial charge in [0.1, 0.15) is 0 Å². The molecule has 22 heavy (non-hydrogen) atoms. The lowest BCUT2D eigenvalue weighted by Gasteiger charge is -2.46. The Kier molecular flexibility index (Phi) is 4.02. The zero-order chi connectivity index (χ0) is 17.8. The van der Waals surface area contributed by atoms with Crippen molar-refractivity contribution < 1.29 is 57.8 Å². The number of allylic oxidation sites excluding steroid dienone is 1. The van der Waals surface area contributed by atoms with Crippen molar-refractivity contribution in [1.29, 1.82) is 0 Å². The minimum atomic E-state index is -6.23. The third kappa shape index (κ3) is 2.63. The van der Waals surface area contributed by atoms with Gasteiger partial charge >= 0.3 is 30.5 Å². The second-order valence-corrected chi connectivity index (χ2v) is 3.78. The van der Waals surface area contributed by atoms with Crippen LogP contribution in [0.3, 0.4) is 0 Å². The van der Waals surface area contributed by atoms with Crippen LogP contribution in [0.1, 0.15) is 0 Å². The number of methoxy groups -OCH3 is 1. The van der Waals surface area contributed by atoms with Gasteiger partial charge in [0.05, 0.1) is 13.3 Å². The summed E-state index contributed by atoms with van der Waals surface area (Å²) in [5, 5.41) is 0. The predicted octanol–water partition coefficient (Wildman–Crippen LogP) is 3.74. The molecule has 1 heterocycles. The molecule has 1 aliphatic rings. The summed E-state index contributed by atoms with van der Waals surface area (Å²) in [5.41, 5.74) is 0. The molecule has 14 heteroatoms. The number of hydrogen-bond donors (Lipinski definition) is 0. The van der Waals surface area contributed by atoms with Gasteiger partial charge in [-0.3, -0.25) is 0 Å². The number of nitrogens with zero attached hydrogens (tertiary/aromatic N) is 1. The number of ether oxygens (including phenoxy) is 2. The Labute approximate surface area is 113 Å². The Morgan fingerprint density at radius 1 is 0.909 bits per heavy atom. The van der Waals surface area contributed by atoms with Crippen molar-refractivity contribution in [3.05, 3.63) is 12.0 Å². The number of alkyl halides is 11. The standard InChI is InChI=1S/C8H4F11NO2/c1-21-3(4(9,10)11)2-20-5(12,13)7(16,17)22-8(18,19)6(20,14)15/h2H,1H3. The van der Waals surface area contributed by atoms with Crippen LogP contribution >= 0.6 is 0 Å². The fraction of sp³-hybridized carbons (Fsp3) is 0.750. The maximum absolute atomic E-state index is 13.1. The van der Waals surface area contributed by atoms with E-state index in [0.29, 0.717) is 0 Å². The van der Waals surface area contributed by atoms with Crippen LogP contribution in [0.25, 0.3) is 0 Å².